The van der Waals surface area contributed by atoms with Gasteiger partial charge in [-0.15, -0.1) is 0 Å². The lowest BCUT2D eigenvalue weighted by Gasteiger charge is -2.24. The number of rotatable bonds is 6. The number of hydrogen-bond acceptors (Lipinski definition) is 2. The van der Waals surface area contributed by atoms with Crippen LogP contribution in [0.25, 0.3) is 10.9 Å². The van der Waals surface area contributed by atoms with E-state index in [1.807, 2.05) is 43.3 Å². The highest BCUT2D eigenvalue weighted by atomic mass is 19.4. The number of H-pyrrole nitrogens is 1. The molecule has 1 heterocycles. The smallest absolute Gasteiger partial charge is 0.351 e. The Morgan fingerprint density at radius 3 is 2.43 bits per heavy atom. The van der Waals surface area contributed by atoms with Crippen molar-refractivity contribution in [2.24, 2.45) is 0 Å². The highest BCUT2D eigenvalue weighted by Crippen LogP contribution is 2.30. The summed E-state index contributed by atoms with van der Waals surface area (Å²) in [6.45, 7) is 1.11. The van der Waals surface area contributed by atoms with Gasteiger partial charge in [0.25, 0.3) is 5.91 Å². The minimum Gasteiger partial charge on any atom is -0.351 e. The van der Waals surface area contributed by atoms with E-state index < -0.39 is 11.7 Å². The summed E-state index contributed by atoms with van der Waals surface area (Å²) in [5.41, 5.74) is 0.998. The third-order valence-electron chi connectivity index (χ3n) is 4.49. The molecular weight excluding hydrogens is 367 g/mol. The fourth-order valence-electron chi connectivity index (χ4n) is 3.00. The van der Waals surface area contributed by atoms with Gasteiger partial charge in [-0.2, -0.15) is 13.2 Å². The lowest BCUT2D eigenvalue weighted by atomic mass is 10.1. The van der Waals surface area contributed by atoms with E-state index in [1.165, 1.54) is 6.07 Å². The van der Waals surface area contributed by atoms with Gasteiger partial charge >= 0.3 is 6.18 Å². The highest BCUT2D eigenvalue weighted by Gasteiger charge is 2.30. The van der Waals surface area contributed by atoms with E-state index in [2.05, 4.69) is 4.98 Å². The summed E-state index contributed by atoms with van der Waals surface area (Å²) in [6, 6.07) is 14.4. The molecule has 1 aromatic heterocycles. The first kappa shape index (κ1) is 19.9. The van der Waals surface area contributed by atoms with Gasteiger partial charge in [0.2, 0.25) is 0 Å². The Balaban J connectivity index is 1.87. The van der Waals surface area contributed by atoms with E-state index in [0.717, 1.165) is 23.0 Å². The molecule has 0 aliphatic heterocycles. The fraction of sp³-hybridized carbons (Fsp3) is 0.286. The molecule has 0 bridgehead atoms. The van der Waals surface area contributed by atoms with Gasteiger partial charge in [-0.05, 0) is 43.9 Å². The number of carbonyl (C=O) groups excluding carboxylic acids is 1. The normalized spacial score (nSPS) is 11.9. The molecule has 0 saturated carbocycles. The van der Waals surface area contributed by atoms with Gasteiger partial charge in [0, 0.05) is 30.5 Å². The molecule has 148 valence electrons. The molecule has 0 unspecified atom stereocenters. The predicted molar refractivity (Wildman–Crippen MR) is 103 cm³/mol. The minimum absolute atomic E-state index is 0.103. The summed E-state index contributed by atoms with van der Waals surface area (Å²) in [4.78, 5) is 19.7. The number of hydrogen-bond donors (Lipinski definition) is 1. The molecule has 0 atom stereocenters. The van der Waals surface area contributed by atoms with Crippen LogP contribution >= 0.6 is 0 Å². The van der Waals surface area contributed by atoms with Crippen molar-refractivity contribution in [3.05, 3.63) is 71.4 Å². The van der Waals surface area contributed by atoms with Gasteiger partial charge in [-0.3, -0.25) is 4.79 Å². The number of halogens is 3. The number of fused-ring (bicyclic) bond motifs is 1. The standard InChI is InChI=1S/C21H22F3N3O/c1-26(2)10-11-27(14-15-6-5-8-17(12-15)21(22,23)24)20(28)19-13-16-7-3-4-9-18(16)25-19/h3-9,12-13,25H,10-11,14H2,1-2H3. The Hall–Kier alpha value is -2.80. The number of nitrogens with zero attached hydrogens (tertiary/aromatic N) is 2. The second-order valence-corrected chi connectivity index (χ2v) is 7.00. The second-order valence-electron chi connectivity index (χ2n) is 7.00. The number of likely N-dealkylation sites (N-methyl/N-ethyl adjacent to an activating group) is 1. The number of carbonyl (C=O) groups is 1. The topological polar surface area (TPSA) is 39.3 Å². The van der Waals surface area contributed by atoms with Crippen LogP contribution in [0.4, 0.5) is 13.2 Å². The Labute approximate surface area is 161 Å². The van der Waals surface area contributed by atoms with Crippen LogP contribution in [-0.2, 0) is 12.7 Å². The summed E-state index contributed by atoms with van der Waals surface area (Å²) < 4.78 is 39.0. The van der Waals surface area contributed by atoms with E-state index in [-0.39, 0.29) is 12.5 Å². The second kappa shape index (κ2) is 8.06. The number of alkyl halides is 3. The van der Waals surface area contributed by atoms with Crippen LogP contribution in [-0.4, -0.2) is 47.9 Å². The lowest BCUT2D eigenvalue weighted by molar-refractivity contribution is -0.137. The van der Waals surface area contributed by atoms with Gasteiger partial charge in [-0.1, -0.05) is 30.3 Å². The zero-order chi connectivity index (χ0) is 20.3. The van der Waals surface area contributed by atoms with Crippen LogP contribution in [0.1, 0.15) is 21.6 Å². The molecule has 3 rings (SSSR count). The molecule has 2 aromatic carbocycles. The third-order valence-corrected chi connectivity index (χ3v) is 4.49. The van der Waals surface area contributed by atoms with Crippen molar-refractivity contribution in [3.63, 3.8) is 0 Å². The van der Waals surface area contributed by atoms with Crippen LogP contribution < -0.4 is 0 Å². The maximum absolute atomic E-state index is 13.1. The van der Waals surface area contributed by atoms with Crippen molar-refractivity contribution in [2.45, 2.75) is 12.7 Å². The number of nitrogens with one attached hydrogen (secondary N) is 1. The van der Waals surface area contributed by atoms with Crippen molar-refractivity contribution in [1.82, 2.24) is 14.8 Å². The Morgan fingerprint density at radius 1 is 1.00 bits per heavy atom. The first-order chi connectivity index (χ1) is 13.2. The monoisotopic (exact) mass is 389 g/mol. The number of benzene rings is 2. The largest absolute Gasteiger partial charge is 0.416 e. The molecule has 3 aromatic rings. The average Bonchev–Trinajstić information content (AvgIpc) is 3.08. The first-order valence-corrected chi connectivity index (χ1v) is 8.92. The molecule has 0 aliphatic carbocycles. The summed E-state index contributed by atoms with van der Waals surface area (Å²) >= 11 is 0. The number of amides is 1. The first-order valence-electron chi connectivity index (χ1n) is 8.92. The van der Waals surface area contributed by atoms with Gasteiger partial charge < -0.3 is 14.8 Å². The summed E-state index contributed by atoms with van der Waals surface area (Å²) in [5.74, 6) is -0.240. The van der Waals surface area contributed by atoms with Crippen LogP contribution in [0.2, 0.25) is 0 Å². The maximum atomic E-state index is 13.1. The van der Waals surface area contributed by atoms with Crippen LogP contribution in [0.15, 0.2) is 54.6 Å². The molecule has 7 heteroatoms. The number of aromatic amines is 1. The van der Waals surface area contributed by atoms with E-state index in [9.17, 15) is 18.0 Å². The molecule has 28 heavy (non-hydrogen) atoms. The van der Waals surface area contributed by atoms with E-state index in [1.54, 1.807) is 17.0 Å². The SMILES string of the molecule is CN(C)CCN(Cc1cccc(C(F)(F)F)c1)C(=O)c1cc2ccccc2[nH]1. The summed E-state index contributed by atoms with van der Waals surface area (Å²) in [6.07, 6.45) is -4.41. The van der Waals surface area contributed by atoms with Crippen molar-refractivity contribution in [1.29, 1.82) is 0 Å². The molecule has 0 fully saturated rings. The Morgan fingerprint density at radius 2 is 1.75 bits per heavy atom. The van der Waals surface area contributed by atoms with E-state index in [0.29, 0.717) is 24.3 Å². The molecule has 0 radical (unpaired) electrons. The van der Waals surface area contributed by atoms with Crippen molar-refractivity contribution in [2.75, 3.05) is 27.2 Å². The van der Waals surface area contributed by atoms with Gasteiger partial charge in [0.15, 0.2) is 0 Å². The maximum Gasteiger partial charge on any atom is 0.416 e. The highest BCUT2D eigenvalue weighted by molar-refractivity contribution is 5.98. The minimum atomic E-state index is -4.41. The van der Waals surface area contributed by atoms with E-state index >= 15 is 0 Å². The molecule has 1 N–H and O–H groups in total. The van der Waals surface area contributed by atoms with Crippen molar-refractivity contribution >= 4 is 16.8 Å². The Bertz CT molecular complexity index is 930. The van der Waals surface area contributed by atoms with Crippen molar-refractivity contribution < 1.29 is 18.0 Å². The Kier molecular flexibility index (Phi) is 5.74. The summed E-state index contributed by atoms with van der Waals surface area (Å²) in [5, 5.41) is 0.914. The zero-order valence-corrected chi connectivity index (χ0v) is 15.8. The number of aromatic nitrogens is 1. The number of para-hydroxylation sites is 1. The predicted octanol–water partition coefficient (Wildman–Crippen LogP) is 4.39. The van der Waals surface area contributed by atoms with Gasteiger partial charge in [-0.25, -0.2) is 0 Å². The molecule has 4 nitrogen and oxygen atoms in total. The fourth-order valence-corrected chi connectivity index (χ4v) is 3.00. The van der Waals surface area contributed by atoms with Crippen molar-refractivity contribution in [3.8, 4) is 0 Å². The van der Waals surface area contributed by atoms with Gasteiger partial charge in [0.1, 0.15) is 5.69 Å². The van der Waals surface area contributed by atoms with Gasteiger partial charge in [0.05, 0.1) is 5.56 Å². The molecule has 1 amide bonds. The molecule has 0 saturated heterocycles. The quantitative estimate of drug-likeness (QED) is 0.679. The zero-order valence-electron chi connectivity index (χ0n) is 15.8. The summed E-state index contributed by atoms with van der Waals surface area (Å²) in [7, 11) is 3.77. The van der Waals surface area contributed by atoms with E-state index in [4.69, 9.17) is 0 Å². The molecule has 0 spiro atoms. The average molecular weight is 389 g/mol. The third kappa shape index (κ3) is 4.72. The van der Waals surface area contributed by atoms with Crippen LogP contribution in [0.5, 0.6) is 0 Å². The van der Waals surface area contributed by atoms with Crippen LogP contribution in [0, 0.1) is 0 Å². The lowest BCUT2D eigenvalue weighted by Crippen LogP contribution is -2.36. The molecular formula is C21H22F3N3O. The molecule has 0 aliphatic rings. The van der Waals surface area contributed by atoms with Crippen LogP contribution in [0.3, 0.4) is 0 Å².